The minimum atomic E-state index is -0.00775. The molecule has 0 aliphatic carbocycles. The van der Waals surface area contributed by atoms with Gasteiger partial charge in [-0.25, -0.2) is 0 Å². The Labute approximate surface area is 115 Å². The van der Waals surface area contributed by atoms with Crippen molar-refractivity contribution in [3.63, 3.8) is 0 Å². The fraction of sp³-hybridized carbons (Fsp3) is 0.294. The Morgan fingerprint density at radius 3 is 2.47 bits per heavy atom. The van der Waals surface area contributed by atoms with Gasteiger partial charge in [0, 0.05) is 18.0 Å². The first-order valence-corrected chi connectivity index (χ1v) is 6.70. The van der Waals surface area contributed by atoms with E-state index in [1.54, 1.807) is 0 Å². The minimum Gasteiger partial charge on any atom is -0.493 e. The number of nitrogens with two attached hydrogens (primary N) is 1. The fourth-order valence-corrected chi connectivity index (χ4v) is 2.15. The van der Waals surface area contributed by atoms with Crippen molar-refractivity contribution in [2.45, 2.75) is 26.3 Å². The van der Waals surface area contributed by atoms with E-state index in [1.807, 2.05) is 25.1 Å². The van der Waals surface area contributed by atoms with Crippen LogP contribution in [-0.2, 0) is 6.42 Å². The third-order valence-electron chi connectivity index (χ3n) is 3.21. The number of ether oxygens (including phenoxy) is 1. The summed E-state index contributed by atoms with van der Waals surface area (Å²) in [6, 6.07) is 16.5. The quantitative estimate of drug-likeness (QED) is 0.885. The molecule has 2 rings (SSSR count). The molecule has 0 spiro atoms. The fourth-order valence-electron chi connectivity index (χ4n) is 2.15. The highest BCUT2D eigenvalue weighted by Gasteiger charge is 2.10. The Morgan fingerprint density at radius 1 is 1.05 bits per heavy atom. The second kappa shape index (κ2) is 6.39. The predicted molar refractivity (Wildman–Crippen MR) is 79.4 cm³/mol. The van der Waals surface area contributed by atoms with Crippen LogP contribution in [0, 0.1) is 6.92 Å². The summed E-state index contributed by atoms with van der Waals surface area (Å²) in [6.45, 7) is 4.72. The molecule has 0 saturated carbocycles. The maximum absolute atomic E-state index is 5.99. The Morgan fingerprint density at radius 2 is 1.79 bits per heavy atom. The summed E-state index contributed by atoms with van der Waals surface area (Å²) in [5.74, 6) is 0.938. The Kier molecular flexibility index (Phi) is 4.58. The lowest BCUT2D eigenvalue weighted by Gasteiger charge is -2.16. The van der Waals surface area contributed by atoms with Gasteiger partial charge in [-0.2, -0.15) is 0 Å². The van der Waals surface area contributed by atoms with Gasteiger partial charge in [0.15, 0.2) is 0 Å². The van der Waals surface area contributed by atoms with Crippen LogP contribution in [0.2, 0.25) is 0 Å². The predicted octanol–water partition coefficient (Wildman–Crippen LogP) is 3.64. The number of benzene rings is 2. The molecular weight excluding hydrogens is 234 g/mol. The molecule has 0 aliphatic rings. The van der Waals surface area contributed by atoms with Crippen LogP contribution in [0.25, 0.3) is 0 Å². The summed E-state index contributed by atoms with van der Waals surface area (Å²) >= 11 is 0. The van der Waals surface area contributed by atoms with Crippen LogP contribution in [0.1, 0.15) is 29.7 Å². The molecule has 2 heteroatoms. The standard InChI is InChI=1S/C17H21NO/c1-13-7-6-10-16(14(2)18)17(13)19-12-11-15-8-4-3-5-9-15/h3-10,14H,11-12,18H2,1-2H3. The van der Waals surface area contributed by atoms with Gasteiger partial charge in [-0.1, -0.05) is 48.5 Å². The normalized spacial score (nSPS) is 12.2. The molecule has 2 N–H and O–H groups in total. The van der Waals surface area contributed by atoms with Crippen LogP contribution in [0.3, 0.4) is 0 Å². The van der Waals surface area contributed by atoms with Crippen molar-refractivity contribution in [3.8, 4) is 5.75 Å². The summed E-state index contributed by atoms with van der Waals surface area (Å²) in [5, 5.41) is 0. The van der Waals surface area contributed by atoms with E-state index in [-0.39, 0.29) is 6.04 Å². The molecule has 0 saturated heterocycles. The van der Waals surface area contributed by atoms with E-state index >= 15 is 0 Å². The van der Waals surface area contributed by atoms with Crippen LogP contribution < -0.4 is 10.5 Å². The van der Waals surface area contributed by atoms with E-state index in [2.05, 4.69) is 37.3 Å². The van der Waals surface area contributed by atoms with Gasteiger partial charge in [0.05, 0.1) is 6.61 Å². The van der Waals surface area contributed by atoms with Crippen LogP contribution in [0.4, 0.5) is 0 Å². The number of aryl methyl sites for hydroxylation is 1. The minimum absolute atomic E-state index is 0.00775. The molecule has 19 heavy (non-hydrogen) atoms. The van der Waals surface area contributed by atoms with Crippen molar-refractivity contribution in [1.82, 2.24) is 0 Å². The topological polar surface area (TPSA) is 35.2 Å². The molecule has 2 aromatic rings. The molecule has 0 heterocycles. The second-order valence-corrected chi connectivity index (χ2v) is 4.87. The number of hydrogen-bond donors (Lipinski definition) is 1. The number of para-hydroxylation sites is 1. The van der Waals surface area contributed by atoms with E-state index in [9.17, 15) is 0 Å². The van der Waals surface area contributed by atoms with Crippen LogP contribution in [-0.4, -0.2) is 6.61 Å². The molecule has 1 unspecified atom stereocenters. The van der Waals surface area contributed by atoms with Gasteiger partial charge in [-0.05, 0) is 25.0 Å². The Bertz CT molecular complexity index is 520. The molecule has 100 valence electrons. The highest BCUT2D eigenvalue weighted by Crippen LogP contribution is 2.27. The van der Waals surface area contributed by atoms with E-state index in [0.29, 0.717) is 6.61 Å². The lowest BCUT2D eigenvalue weighted by Crippen LogP contribution is -2.10. The van der Waals surface area contributed by atoms with Gasteiger partial charge in [0.1, 0.15) is 5.75 Å². The SMILES string of the molecule is Cc1cccc(C(C)N)c1OCCc1ccccc1. The molecule has 2 aromatic carbocycles. The second-order valence-electron chi connectivity index (χ2n) is 4.87. The lowest BCUT2D eigenvalue weighted by atomic mass is 10.0. The zero-order valence-electron chi connectivity index (χ0n) is 11.6. The Hall–Kier alpha value is -1.80. The van der Waals surface area contributed by atoms with Crippen LogP contribution in [0.5, 0.6) is 5.75 Å². The van der Waals surface area contributed by atoms with Gasteiger partial charge < -0.3 is 10.5 Å². The van der Waals surface area contributed by atoms with Gasteiger partial charge in [-0.15, -0.1) is 0 Å². The molecule has 0 aromatic heterocycles. The van der Waals surface area contributed by atoms with Crippen LogP contribution in [0.15, 0.2) is 48.5 Å². The molecule has 0 aliphatic heterocycles. The average Bonchev–Trinajstić information content (AvgIpc) is 2.41. The van der Waals surface area contributed by atoms with E-state index < -0.39 is 0 Å². The maximum Gasteiger partial charge on any atom is 0.126 e. The van der Waals surface area contributed by atoms with E-state index in [1.165, 1.54) is 5.56 Å². The molecule has 1 atom stereocenters. The van der Waals surface area contributed by atoms with Gasteiger partial charge in [-0.3, -0.25) is 0 Å². The van der Waals surface area contributed by atoms with E-state index in [0.717, 1.165) is 23.3 Å². The van der Waals surface area contributed by atoms with Crippen molar-refractivity contribution < 1.29 is 4.74 Å². The van der Waals surface area contributed by atoms with Gasteiger partial charge in [0.2, 0.25) is 0 Å². The summed E-state index contributed by atoms with van der Waals surface area (Å²) in [6.07, 6.45) is 0.910. The average molecular weight is 255 g/mol. The lowest BCUT2D eigenvalue weighted by molar-refractivity contribution is 0.315. The molecule has 0 fully saturated rings. The largest absolute Gasteiger partial charge is 0.493 e. The van der Waals surface area contributed by atoms with Crippen molar-refractivity contribution in [2.24, 2.45) is 5.73 Å². The van der Waals surface area contributed by atoms with Gasteiger partial charge in [0.25, 0.3) is 0 Å². The first-order valence-electron chi connectivity index (χ1n) is 6.70. The smallest absolute Gasteiger partial charge is 0.126 e. The summed E-state index contributed by atoms with van der Waals surface area (Å²) < 4.78 is 5.95. The van der Waals surface area contributed by atoms with E-state index in [4.69, 9.17) is 10.5 Å². The summed E-state index contributed by atoms with van der Waals surface area (Å²) in [4.78, 5) is 0. The molecule has 0 bridgehead atoms. The highest BCUT2D eigenvalue weighted by molar-refractivity contribution is 5.42. The molecule has 0 amide bonds. The van der Waals surface area contributed by atoms with Crippen molar-refractivity contribution in [1.29, 1.82) is 0 Å². The maximum atomic E-state index is 5.99. The molecule has 0 radical (unpaired) electrons. The number of rotatable bonds is 5. The van der Waals surface area contributed by atoms with Crippen molar-refractivity contribution >= 4 is 0 Å². The molecule has 2 nitrogen and oxygen atoms in total. The molecular formula is C17H21NO. The summed E-state index contributed by atoms with van der Waals surface area (Å²) in [5.41, 5.74) is 9.49. The summed E-state index contributed by atoms with van der Waals surface area (Å²) in [7, 11) is 0. The van der Waals surface area contributed by atoms with Crippen molar-refractivity contribution in [3.05, 3.63) is 65.2 Å². The highest BCUT2D eigenvalue weighted by atomic mass is 16.5. The van der Waals surface area contributed by atoms with Gasteiger partial charge >= 0.3 is 0 Å². The van der Waals surface area contributed by atoms with Crippen LogP contribution >= 0.6 is 0 Å². The first kappa shape index (κ1) is 13.6. The zero-order valence-corrected chi connectivity index (χ0v) is 11.6. The monoisotopic (exact) mass is 255 g/mol. The van der Waals surface area contributed by atoms with Crippen molar-refractivity contribution in [2.75, 3.05) is 6.61 Å². The third-order valence-corrected chi connectivity index (χ3v) is 3.21. The Balaban J connectivity index is 2.03. The first-order chi connectivity index (χ1) is 9.18. The third kappa shape index (κ3) is 3.58. The number of hydrogen-bond acceptors (Lipinski definition) is 2. The zero-order chi connectivity index (χ0) is 13.7.